The van der Waals surface area contributed by atoms with E-state index in [1.807, 2.05) is 0 Å². The van der Waals surface area contributed by atoms with Crippen molar-refractivity contribution in [1.82, 2.24) is 4.57 Å². The quantitative estimate of drug-likeness (QED) is 0.899. The van der Waals surface area contributed by atoms with Crippen LogP contribution < -0.4 is 10.5 Å². The molecule has 1 heterocycles. The number of halogens is 3. The molecule has 0 saturated carbocycles. The third-order valence-corrected chi connectivity index (χ3v) is 2.97. The molecular weight excluding hydrogens is 245 g/mol. The van der Waals surface area contributed by atoms with Crippen LogP contribution in [0, 0.1) is 0 Å². The summed E-state index contributed by atoms with van der Waals surface area (Å²) in [5, 5.41) is 0.478. The van der Waals surface area contributed by atoms with Gasteiger partial charge >= 0.3 is 6.18 Å². The van der Waals surface area contributed by atoms with Crippen molar-refractivity contribution < 1.29 is 17.9 Å². The van der Waals surface area contributed by atoms with Crippen LogP contribution in [0.3, 0.4) is 0 Å². The number of hydrogen-bond acceptors (Lipinski definition) is 2. The fraction of sp³-hybridized carbons (Fsp3) is 0.333. The number of nitrogens with two attached hydrogens (primary N) is 1. The van der Waals surface area contributed by atoms with E-state index < -0.39 is 11.9 Å². The van der Waals surface area contributed by atoms with Gasteiger partial charge in [0.05, 0.1) is 12.6 Å². The number of alkyl halides is 3. The van der Waals surface area contributed by atoms with Gasteiger partial charge in [-0.25, -0.2) is 0 Å². The molecule has 0 radical (unpaired) electrons. The molecule has 0 amide bonds. The molecule has 0 saturated heterocycles. The van der Waals surface area contributed by atoms with E-state index >= 15 is 0 Å². The number of aryl methyl sites for hydroxylation is 1. The molecule has 98 valence electrons. The van der Waals surface area contributed by atoms with Crippen molar-refractivity contribution in [2.24, 2.45) is 12.8 Å². The maximum absolute atomic E-state index is 13.1. The first-order chi connectivity index (χ1) is 8.41. The highest BCUT2D eigenvalue weighted by molar-refractivity contribution is 5.90. The number of rotatable bonds is 2. The van der Waals surface area contributed by atoms with Crippen LogP contribution in [0.5, 0.6) is 5.75 Å². The summed E-state index contributed by atoms with van der Waals surface area (Å²) in [6.07, 6.45) is -4.44. The molecule has 0 spiro atoms. The zero-order valence-corrected chi connectivity index (χ0v) is 10.0. The molecule has 0 aliphatic carbocycles. The van der Waals surface area contributed by atoms with Gasteiger partial charge in [0.25, 0.3) is 0 Å². The molecule has 2 rings (SSSR count). The predicted molar refractivity (Wildman–Crippen MR) is 62.4 cm³/mol. The lowest BCUT2D eigenvalue weighted by Gasteiger charge is -2.11. The lowest BCUT2D eigenvalue weighted by Crippen LogP contribution is -2.15. The van der Waals surface area contributed by atoms with Gasteiger partial charge in [-0.1, -0.05) is 12.1 Å². The molecule has 1 aromatic carbocycles. The molecule has 2 N–H and O–H groups in total. The Bertz CT molecular complexity index is 587. The van der Waals surface area contributed by atoms with Crippen LogP contribution in [-0.2, 0) is 19.8 Å². The van der Waals surface area contributed by atoms with Crippen molar-refractivity contribution >= 4 is 10.9 Å². The maximum atomic E-state index is 13.1. The van der Waals surface area contributed by atoms with Crippen molar-refractivity contribution in [3.63, 3.8) is 0 Å². The first kappa shape index (κ1) is 12.8. The first-order valence-electron chi connectivity index (χ1n) is 5.33. The molecule has 2 aromatic rings. The summed E-state index contributed by atoms with van der Waals surface area (Å²) >= 11 is 0. The zero-order chi connectivity index (χ0) is 13.5. The van der Waals surface area contributed by atoms with E-state index in [1.54, 1.807) is 18.2 Å². The molecule has 0 aliphatic rings. The molecule has 6 heteroatoms. The standard InChI is InChI=1S/C12H13F3N2O/c1-17-10-7(4-3-5-9(10)18-2)8(6-16)11(17)12(13,14)15/h3-5H,6,16H2,1-2H3. The first-order valence-corrected chi connectivity index (χ1v) is 5.33. The minimum absolute atomic E-state index is 0.0962. The van der Waals surface area contributed by atoms with Crippen LogP contribution in [0.15, 0.2) is 18.2 Å². The summed E-state index contributed by atoms with van der Waals surface area (Å²) in [4.78, 5) is 0. The average molecular weight is 258 g/mol. The highest BCUT2D eigenvalue weighted by Gasteiger charge is 2.38. The van der Waals surface area contributed by atoms with Crippen molar-refractivity contribution in [2.75, 3.05) is 7.11 Å². The minimum atomic E-state index is -4.44. The Morgan fingerprint density at radius 2 is 2.00 bits per heavy atom. The van der Waals surface area contributed by atoms with E-state index in [2.05, 4.69) is 0 Å². The average Bonchev–Trinajstić information content (AvgIpc) is 2.61. The number of nitrogens with zero attached hydrogens (tertiary/aromatic N) is 1. The van der Waals surface area contributed by atoms with Gasteiger partial charge in [0, 0.05) is 24.5 Å². The fourth-order valence-electron chi connectivity index (χ4n) is 2.29. The largest absolute Gasteiger partial charge is 0.495 e. The monoisotopic (exact) mass is 258 g/mol. The number of aromatic nitrogens is 1. The fourth-order valence-corrected chi connectivity index (χ4v) is 2.29. The van der Waals surface area contributed by atoms with Gasteiger partial charge in [-0.3, -0.25) is 0 Å². The summed E-state index contributed by atoms with van der Waals surface area (Å²) in [7, 11) is 2.80. The maximum Gasteiger partial charge on any atom is 0.431 e. The van der Waals surface area contributed by atoms with E-state index in [0.29, 0.717) is 16.7 Å². The lowest BCUT2D eigenvalue weighted by molar-refractivity contribution is -0.143. The van der Waals surface area contributed by atoms with Gasteiger partial charge in [0.15, 0.2) is 0 Å². The molecular formula is C12H13F3N2O. The Kier molecular flexibility index (Phi) is 2.98. The van der Waals surface area contributed by atoms with Crippen molar-refractivity contribution in [3.8, 4) is 5.75 Å². The van der Waals surface area contributed by atoms with Crippen LogP contribution in [0.2, 0.25) is 0 Å². The highest BCUT2D eigenvalue weighted by atomic mass is 19.4. The predicted octanol–water partition coefficient (Wildman–Crippen LogP) is 2.66. The molecule has 0 aliphatic heterocycles. The third-order valence-electron chi connectivity index (χ3n) is 2.97. The second-order valence-corrected chi connectivity index (χ2v) is 3.94. The van der Waals surface area contributed by atoms with E-state index in [9.17, 15) is 13.2 Å². The Hall–Kier alpha value is -1.69. The summed E-state index contributed by atoms with van der Waals surface area (Å²) < 4.78 is 45.4. The lowest BCUT2D eigenvalue weighted by atomic mass is 10.1. The summed E-state index contributed by atoms with van der Waals surface area (Å²) in [6, 6.07) is 4.90. The zero-order valence-electron chi connectivity index (χ0n) is 10.0. The van der Waals surface area contributed by atoms with E-state index in [4.69, 9.17) is 10.5 Å². The number of fused-ring (bicyclic) bond motifs is 1. The summed E-state index contributed by atoms with van der Waals surface area (Å²) in [6.45, 7) is -0.167. The van der Waals surface area contributed by atoms with Crippen molar-refractivity contribution in [1.29, 1.82) is 0 Å². The SMILES string of the molecule is COc1cccc2c(CN)c(C(F)(F)F)n(C)c12. The van der Waals surface area contributed by atoms with Gasteiger partial charge in [0.1, 0.15) is 11.4 Å². The van der Waals surface area contributed by atoms with Crippen molar-refractivity contribution in [3.05, 3.63) is 29.5 Å². The molecule has 3 nitrogen and oxygen atoms in total. The Labute approximate surface area is 102 Å². The summed E-state index contributed by atoms with van der Waals surface area (Å²) in [5.74, 6) is 0.403. The van der Waals surface area contributed by atoms with Crippen LogP contribution in [0.25, 0.3) is 10.9 Å². The molecule has 0 bridgehead atoms. The van der Waals surface area contributed by atoms with Crippen LogP contribution in [-0.4, -0.2) is 11.7 Å². The molecule has 0 atom stereocenters. The van der Waals surface area contributed by atoms with Gasteiger partial charge in [-0.2, -0.15) is 13.2 Å². The molecule has 18 heavy (non-hydrogen) atoms. The summed E-state index contributed by atoms with van der Waals surface area (Å²) in [5.41, 5.74) is 5.25. The van der Waals surface area contributed by atoms with E-state index in [0.717, 1.165) is 4.57 Å². The second kappa shape index (κ2) is 4.20. The Balaban J connectivity index is 2.92. The van der Waals surface area contributed by atoms with Gasteiger partial charge in [0.2, 0.25) is 0 Å². The van der Waals surface area contributed by atoms with Crippen molar-refractivity contribution in [2.45, 2.75) is 12.7 Å². The molecule has 1 aromatic heterocycles. The topological polar surface area (TPSA) is 40.2 Å². The normalized spacial score (nSPS) is 12.1. The minimum Gasteiger partial charge on any atom is -0.495 e. The van der Waals surface area contributed by atoms with Gasteiger partial charge < -0.3 is 15.0 Å². The van der Waals surface area contributed by atoms with Crippen LogP contribution in [0.1, 0.15) is 11.3 Å². The second-order valence-electron chi connectivity index (χ2n) is 3.94. The highest BCUT2D eigenvalue weighted by Crippen LogP contribution is 2.39. The smallest absolute Gasteiger partial charge is 0.431 e. The van der Waals surface area contributed by atoms with E-state index in [1.165, 1.54) is 14.2 Å². The van der Waals surface area contributed by atoms with Crippen LogP contribution in [0.4, 0.5) is 13.2 Å². The molecule has 0 unspecified atom stereocenters. The number of benzene rings is 1. The Morgan fingerprint density at radius 3 is 2.50 bits per heavy atom. The van der Waals surface area contributed by atoms with E-state index in [-0.39, 0.29) is 12.1 Å². The number of hydrogen-bond donors (Lipinski definition) is 1. The Morgan fingerprint density at radius 1 is 1.33 bits per heavy atom. The number of ether oxygens (including phenoxy) is 1. The number of para-hydroxylation sites is 1. The third kappa shape index (κ3) is 1.73. The van der Waals surface area contributed by atoms with Crippen LogP contribution >= 0.6 is 0 Å². The van der Waals surface area contributed by atoms with Gasteiger partial charge in [-0.15, -0.1) is 0 Å². The molecule has 0 fully saturated rings. The van der Waals surface area contributed by atoms with Gasteiger partial charge in [-0.05, 0) is 6.07 Å². The number of methoxy groups -OCH3 is 1.